The maximum absolute atomic E-state index is 13.2. The number of benzene rings is 2. The number of methoxy groups -OCH3 is 1. The quantitative estimate of drug-likeness (QED) is 0.883. The van der Waals surface area contributed by atoms with Crippen LogP contribution in [-0.2, 0) is 0 Å². The fraction of sp³-hybridized carbons (Fsp3) is 0.278. The summed E-state index contributed by atoms with van der Waals surface area (Å²) in [5.74, 6) is 0.497. The number of hydrogen-bond donors (Lipinski definition) is 1. The molecule has 0 bridgehead atoms. The maximum Gasteiger partial charge on any atom is 0.251 e. The lowest BCUT2D eigenvalue weighted by atomic mass is 10.1. The molecule has 23 heavy (non-hydrogen) atoms. The summed E-state index contributed by atoms with van der Waals surface area (Å²) in [5, 5.41) is 2.84. The van der Waals surface area contributed by atoms with Crippen LogP contribution < -0.4 is 14.8 Å². The van der Waals surface area contributed by atoms with Gasteiger partial charge < -0.3 is 14.8 Å². The van der Waals surface area contributed by atoms with Crippen molar-refractivity contribution in [2.45, 2.75) is 19.9 Å². The highest BCUT2D eigenvalue weighted by Gasteiger charge is 2.14. The van der Waals surface area contributed by atoms with E-state index in [4.69, 9.17) is 9.47 Å². The van der Waals surface area contributed by atoms with Gasteiger partial charge in [-0.2, -0.15) is 0 Å². The molecular weight excluding hydrogens is 297 g/mol. The summed E-state index contributed by atoms with van der Waals surface area (Å²) in [7, 11) is 1.57. The van der Waals surface area contributed by atoms with Gasteiger partial charge in [-0.1, -0.05) is 12.1 Å². The molecule has 0 heterocycles. The van der Waals surface area contributed by atoms with E-state index in [9.17, 15) is 9.18 Å². The third kappa shape index (κ3) is 4.22. The molecule has 122 valence electrons. The molecule has 0 aliphatic heterocycles. The maximum atomic E-state index is 13.2. The van der Waals surface area contributed by atoms with Crippen LogP contribution in [0.4, 0.5) is 4.39 Å². The molecule has 1 unspecified atom stereocenters. The Kier molecular flexibility index (Phi) is 5.57. The van der Waals surface area contributed by atoms with Crippen molar-refractivity contribution in [2.75, 3.05) is 13.7 Å². The lowest BCUT2D eigenvalue weighted by molar-refractivity contribution is 0.0939. The van der Waals surface area contributed by atoms with Gasteiger partial charge in [-0.3, -0.25) is 4.79 Å². The summed E-state index contributed by atoms with van der Waals surface area (Å²) in [6.07, 6.45) is 0. The molecule has 0 radical (unpaired) electrons. The van der Waals surface area contributed by atoms with Crippen LogP contribution in [0.1, 0.15) is 35.8 Å². The van der Waals surface area contributed by atoms with Gasteiger partial charge in [-0.05, 0) is 49.7 Å². The van der Waals surface area contributed by atoms with Crippen molar-refractivity contribution in [3.8, 4) is 11.5 Å². The monoisotopic (exact) mass is 317 g/mol. The van der Waals surface area contributed by atoms with E-state index in [1.807, 2.05) is 32.0 Å². The van der Waals surface area contributed by atoms with Crippen LogP contribution in [0, 0.1) is 5.82 Å². The van der Waals surface area contributed by atoms with E-state index in [0.717, 1.165) is 5.56 Å². The SMILES string of the molecule is CCOc1ccc(C(C)NC(=O)c2cccc(F)c2)cc1OC. The highest BCUT2D eigenvalue weighted by molar-refractivity contribution is 5.94. The molecule has 0 aliphatic carbocycles. The van der Waals surface area contributed by atoms with Crippen LogP contribution >= 0.6 is 0 Å². The molecule has 0 fully saturated rings. The van der Waals surface area contributed by atoms with Crippen molar-refractivity contribution in [1.82, 2.24) is 5.32 Å². The van der Waals surface area contributed by atoms with Gasteiger partial charge in [0, 0.05) is 5.56 Å². The summed E-state index contributed by atoms with van der Waals surface area (Å²) in [5.41, 5.74) is 1.16. The predicted molar refractivity (Wildman–Crippen MR) is 86.4 cm³/mol. The Bertz CT molecular complexity index is 688. The van der Waals surface area contributed by atoms with Crippen molar-refractivity contribution in [3.05, 3.63) is 59.4 Å². The van der Waals surface area contributed by atoms with E-state index in [1.165, 1.54) is 18.2 Å². The van der Waals surface area contributed by atoms with E-state index in [0.29, 0.717) is 18.1 Å². The van der Waals surface area contributed by atoms with Crippen LogP contribution in [0.15, 0.2) is 42.5 Å². The Morgan fingerprint density at radius 2 is 2.00 bits per heavy atom. The average molecular weight is 317 g/mol. The minimum atomic E-state index is -0.437. The molecule has 2 rings (SSSR count). The third-order valence-electron chi connectivity index (χ3n) is 3.42. The molecule has 2 aromatic carbocycles. The smallest absolute Gasteiger partial charge is 0.251 e. The highest BCUT2D eigenvalue weighted by atomic mass is 19.1. The summed E-state index contributed by atoms with van der Waals surface area (Å²) >= 11 is 0. The van der Waals surface area contributed by atoms with Gasteiger partial charge >= 0.3 is 0 Å². The van der Waals surface area contributed by atoms with Crippen LogP contribution in [0.25, 0.3) is 0 Å². The Hall–Kier alpha value is -2.56. The van der Waals surface area contributed by atoms with Gasteiger partial charge in [0.1, 0.15) is 5.82 Å². The van der Waals surface area contributed by atoms with Gasteiger partial charge in [0.05, 0.1) is 19.8 Å². The number of amides is 1. The van der Waals surface area contributed by atoms with E-state index in [-0.39, 0.29) is 17.5 Å². The van der Waals surface area contributed by atoms with Gasteiger partial charge in [-0.25, -0.2) is 4.39 Å². The molecular formula is C18H20FNO3. The largest absolute Gasteiger partial charge is 0.493 e. The number of rotatable bonds is 6. The Labute approximate surface area is 135 Å². The zero-order valence-corrected chi connectivity index (χ0v) is 13.4. The third-order valence-corrected chi connectivity index (χ3v) is 3.42. The molecule has 0 saturated heterocycles. The summed E-state index contributed by atoms with van der Waals surface area (Å²) in [4.78, 5) is 12.2. The molecule has 0 spiro atoms. The van der Waals surface area contributed by atoms with Crippen molar-refractivity contribution in [3.63, 3.8) is 0 Å². The molecule has 0 saturated carbocycles. The Morgan fingerprint density at radius 1 is 1.22 bits per heavy atom. The first-order valence-corrected chi connectivity index (χ1v) is 7.42. The second-order valence-corrected chi connectivity index (χ2v) is 5.05. The fourth-order valence-electron chi connectivity index (χ4n) is 2.22. The summed E-state index contributed by atoms with van der Waals surface area (Å²) in [6, 6.07) is 10.8. The van der Waals surface area contributed by atoms with Crippen molar-refractivity contribution < 1.29 is 18.7 Å². The van der Waals surface area contributed by atoms with Crippen molar-refractivity contribution >= 4 is 5.91 Å². The standard InChI is InChI=1S/C18H20FNO3/c1-4-23-16-9-8-13(11-17(16)22-3)12(2)20-18(21)14-6-5-7-15(19)10-14/h5-12H,4H2,1-3H3,(H,20,21). The topological polar surface area (TPSA) is 47.6 Å². The Morgan fingerprint density at radius 3 is 2.65 bits per heavy atom. The molecule has 0 aliphatic rings. The second kappa shape index (κ2) is 7.63. The first-order chi connectivity index (χ1) is 11.0. The molecule has 1 N–H and O–H groups in total. The van der Waals surface area contributed by atoms with Gasteiger partial charge in [0.2, 0.25) is 0 Å². The predicted octanol–water partition coefficient (Wildman–Crippen LogP) is 3.72. The van der Waals surface area contributed by atoms with E-state index in [2.05, 4.69) is 5.32 Å². The molecule has 2 aromatic rings. The number of halogens is 1. The van der Waals surface area contributed by atoms with Gasteiger partial charge in [-0.15, -0.1) is 0 Å². The molecule has 1 atom stereocenters. The number of nitrogens with one attached hydrogen (secondary N) is 1. The number of hydrogen-bond acceptors (Lipinski definition) is 3. The highest BCUT2D eigenvalue weighted by Crippen LogP contribution is 2.30. The first kappa shape index (κ1) is 16.8. The summed E-state index contributed by atoms with van der Waals surface area (Å²) < 4.78 is 24.0. The number of ether oxygens (including phenoxy) is 2. The number of carbonyl (C=O) groups is 1. The molecule has 1 amide bonds. The zero-order valence-electron chi connectivity index (χ0n) is 13.4. The molecule has 5 heteroatoms. The van der Waals surface area contributed by atoms with Crippen LogP contribution in [0.2, 0.25) is 0 Å². The molecule has 4 nitrogen and oxygen atoms in total. The van der Waals surface area contributed by atoms with Crippen molar-refractivity contribution in [1.29, 1.82) is 0 Å². The lowest BCUT2D eigenvalue weighted by Gasteiger charge is -2.17. The minimum Gasteiger partial charge on any atom is -0.493 e. The Balaban J connectivity index is 2.14. The van der Waals surface area contributed by atoms with E-state index >= 15 is 0 Å². The van der Waals surface area contributed by atoms with Crippen molar-refractivity contribution in [2.24, 2.45) is 0 Å². The number of carbonyl (C=O) groups excluding carboxylic acids is 1. The second-order valence-electron chi connectivity index (χ2n) is 5.05. The fourth-order valence-corrected chi connectivity index (χ4v) is 2.22. The normalized spacial score (nSPS) is 11.7. The zero-order chi connectivity index (χ0) is 16.8. The van der Waals surface area contributed by atoms with Crippen LogP contribution in [0.5, 0.6) is 11.5 Å². The van der Waals surface area contributed by atoms with E-state index < -0.39 is 5.82 Å². The minimum absolute atomic E-state index is 0.254. The van der Waals surface area contributed by atoms with Crippen LogP contribution in [0.3, 0.4) is 0 Å². The van der Waals surface area contributed by atoms with E-state index in [1.54, 1.807) is 13.2 Å². The lowest BCUT2D eigenvalue weighted by Crippen LogP contribution is -2.26. The van der Waals surface area contributed by atoms with Crippen LogP contribution in [-0.4, -0.2) is 19.6 Å². The first-order valence-electron chi connectivity index (χ1n) is 7.42. The summed E-state index contributed by atoms with van der Waals surface area (Å²) in [6.45, 7) is 4.29. The average Bonchev–Trinajstić information content (AvgIpc) is 2.55. The molecule has 0 aromatic heterocycles. The van der Waals surface area contributed by atoms with Gasteiger partial charge in [0.25, 0.3) is 5.91 Å². The van der Waals surface area contributed by atoms with Gasteiger partial charge in [0.15, 0.2) is 11.5 Å².